The lowest BCUT2D eigenvalue weighted by Gasteiger charge is -2.10. The fraction of sp³-hybridized carbons (Fsp3) is 0.375. The molecule has 1 saturated heterocycles. The zero-order valence-corrected chi connectivity index (χ0v) is 12.2. The first-order valence-corrected chi connectivity index (χ1v) is 7.49. The van der Waals surface area contributed by atoms with Gasteiger partial charge in [0.05, 0.1) is 5.56 Å². The Labute approximate surface area is 128 Å². The fourth-order valence-corrected chi connectivity index (χ4v) is 2.61. The smallest absolute Gasteiger partial charge is 0.253 e. The van der Waals surface area contributed by atoms with Crippen LogP contribution in [0.5, 0.6) is 0 Å². The lowest BCUT2D eigenvalue weighted by atomic mass is 10.1. The van der Waals surface area contributed by atoms with Crippen LogP contribution in [0.2, 0.25) is 0 Å². The molecule has 1 aromatic heterocycles. The molecule has 6 heteroatoms. The van der Waals surface area contributed by atoms with E-state index in [2.05, 4.69) is 15.6 Å². The molecule has 3 rings (SSSR count). The molecule has 0 aliphatic carbocycles. The molecule has 1 aromatic carbocycles. The number of nitrogens with one attached hydrogen (secondary N) is 3. The van der Waals surface area contributed by atoms with Gasteiger partial charge in [-0.05, 0) is 18.9 Å². The van der Waals surface area contributed by atoms with Crippen molar-refractivity contribution >= 4 is 22.7 Å². The number of ether oxygens (including phenoxy) is 1. The average Bonchev–Trinajstić information content (AvgIpc) is 3.20. The first-order chi connectivity index (χ1) is 10.8. The summed E-state index contributed by atoms with van der Waals surface area (Å²) in [4.78, 5) is 27.0. The van der Waals surface area contributed by atoms with E-state index in [0.29, 0.717) is 25.3 Å². The molecule has 116 valence electrons. The molecule has 0 spiro atoms. The van der Waals surface area contributed by atoms with Crippen molar-refractivity contribution in [3.8, 4) is 0 Å². The maximum atomic E-state index is 12.2. The summed E-state index contributed by atoms with van der Waals surface area (Å²) in [5.74, 6) is -0.248. The van der Waals surface area contributed by atoms with Crippen LogP contribution in [-0.4, -0.2) is 42.6 Å². The molecule has 6 nitrogen and oxygen atoms in total. The minimum atomic E-state index is -0.329. The number of H-pyrrole nitrogens is 1. The van der Waals surface area contributed by atoms with Crippen LogP contribution in [0.4, 0.5) is 0 Å². The summed E-state index contributed by atoms with van der Waals surface area (Å²) in [5.41, 5.74) is 1.54. The lowest BCUT2D eigenvalue weighted by Crippen LogP contribution is -2.39. The van der Waals surface area contributed by atoms with E-state index in [1.165, 1.54) is 0 Å². The Kier molecular flexibility index (Phi) is 4.39. The highest BCUT2D eigenvalue weighted by Gasteiger charge is 2.22. The number of para-hydroxylation sites is 1. The molecule has 0 radical (unpaired) electrons. The number of hydrogen-bond acceptors (Lipinski definition) is 3. The number of benzene rings is 1. The predicted octanol–water partition coefficient (Wildman–Crippen LogP) is 1.19. The van der Waals surface area contributed by atoms with Gasteiger partial charge in [-0.3, -0.25) is 9.59 Å². The van der Waals surface area contributed by atoms with Crippen LogP contribution in [0.3, 0.4) is 0 Å². The molecule has 2 aromatic rings. The summed E-state index contributed by atoms with van der Waals surface area (Å²) in [6.45, 7) is 1.43. The van der Waals surface area contributed by atoms with Crippen LogP contribution in [0.25, 0.3) is 10.9 Å². The van der Waals surface area contributed by atoms with Crippen molar-refractivity contribution < 1.29 is 14.3 Å². The Morgan fingerprint density at radius 1 is 1.23 bits per heavy atom. The van der Waals surface area contributed by atoms with Crippen LogP contribution >= 0.6 is 0 Å². The molecule has 2 amide bonds. The molecule has 1 atom stereocenters. The number of amides is 2. The van der Waals surface area contributed by atoms with E-state index in [-0.39, 0.29) is 17.9 Å². The number of rotatable bonds is 5. The Morgan fingerprint density at radius 3 is 2.86 bits per heavy atom. The molecule has 1 fully saturated rings. The maximum absolute atomic E-state index is 12.2. The minimum absolute atomic E-state index is 0.0983. The van der Waals surface area contributed by atoms with Crippen LogP contribution in [0, 0.1) is 0 Å². The fourth-order valence-electron chi connectivity index (χ4n) is 2.61. The van der Waals surface area contributed by atoms with E-state index in [4.69, 9.17) is 4.74 Å². The zero-order chi connectivity index (χ0) is 15.4. The van der Waals surface area contributed by atoms with E-state index in [9.17, 15) is 9.59 Å². The van der Waals surface area contributed by atoms with Crippen LogP contribution < -0.4 is 10.6 Å². The highest BCUT2D eigenvalue weighted by atomic mass is 16.5. The van der Waals surface area contributed by atoms with Gasteiger partial charge in [0.2, 0.25) is 5.91 Å². The summed E-state index contributed by atoms with van der Waals surface area (Å²) in [7, 11) is 0. The quantitative estimate of drug-likeness (QED) is 0.726. The second-order valence-corrected chi connectivity index (χ2v) is 5.30. The number of carbonyl (C=O) groups excluding carboxylic acids is 2. The Bertz CT molecular complexity index is 674. The third-order valence-corrected chi connectivity index (χ3v) is 3.77. The van der Waals surface area contributed by atoms with Crippen molar-refractivity contribution in [2.45, 2.75) is 18.9 Å². The second-order valence-electron chi connectivity index (χ2n) is 5.30. The van der Waals surface area contributed by atoms with Crippen LogP contribution in [0.1, 0.15) is 23.2 Å². The first kappa shape index (κ1) is 14.6. The van der Waals surface area contributed by atoms with E-state index in [1.54, 1.807) is 6.20 Å². The van der Waals surface area contributed by atoms with Crippen LogP contribution in [0.15, 0.2) is 30.5 Å². The van der Waals surface area contributed by atoms with Gasteiger partial charge in [-0.15, -0.1) is 0 Å². The van der Waals surface area contributed by atoms with Crippen molar-refractivity contribution in [3.63, 3.8) is 0 Å². The molecule has 0 bridgehead atoms. The van der Waals surface area contributed by atoms with Gasteiger partial charge in [0.15, 0.2) is 0 Å². The first-order valence-electron chi connectivity index (χ1n) is 7.49. The predicted molar refractivity (Wildman–Crippen MR) is 82.6 cm³/mol. The molecule has 1 aliphatic heterocycles. The topological polar surface area (TPSA) is 83.2 Å². The van der Waals surface area contributed by atoms with E-state index >= 15 is 0 Å². The van der Waals surface area contributed by atoms with E-state index in [1.807, 2.05) is 24.3 Å². The lowest BCUT2D eigenvalue weighted by molar-refractivity contribution is -0.129. The van der Waals surface area contributed by atoms with Crippen molar-refractivity contribution in [2.75, 3.05) is 19.7 Å². The minimum Gasteiger partial charge on any atom is -0.368 e. The molecular formula is C16H19N3O3. The van der Waals surface area contributed by atoms with Gasteiger partial charge in [-0.1, -0.05) is 18.2 Å². The van der Waals surface area contributed by atoms with Crippen molar-refractivity contribution in [1.82, 2.24) is 15.6 Å². The van der Waals surface area contributed by atoms with Crippen molar-refractivity contribution in [2.24, 2.45) is 0 Å². The van der Waals surface area contributed by atoms with Gasteiger partial charge < -0.3 is 20.4 Å². The van der Waals surface area contributed by atoms with Gasteiger partial charge >= 0.3 is 0 Å². The number of aromatic nitrogens is 1. The normalized spacial score (nSPS) is 17.5. The Balaban J connectivity index is 1.47. The standard InChI is InChI=1S/C16H19N3O3/c20-15(12-10-19-13-5-2-1-4-11(12)13)17-7-8-18-16(21)14-6-3-9-22-14/h1-2,4-5,10,14,19H,3,6-9H2,(H,17,20)(H,18,21)/t14-/m1/s1. The van der Waals surface area contributed by atoms with E-state index < -0.39 is 0 Å². The number of hydrogen-bond donors (Lipinski definition) is 3. The summed E-state index contributed by atoms with van der Waals surface area (Å²) >= 11 is 0. The van der Waals surface area contributed by atoms with Crippen molar-refractivity contribution in [3.05, 3.63) is 36.0 Å². The molecule has 3 N–H and O–H groups in total. The number of carbonyl (C=O) groups is 2. The third kappa shape index (κ3) is 3.12. The maximum Gasteiger partial charge on any atom is 0.253 e. The number of fused-ring (bicyclic) bond motifs is 1. The van der Waals surface area contributed by atoms with Crippen molar-refractivity contribution in [1.29, 1.82) is 0 Å². The molecule has 22 heavy (non-hydrogen) atoms. The summed E-state index contributed by atoms with van der Waals surface area (Å²) in [5, 5.41) is 6.48. The SMILES string of the molecule is O=C(NCCNC(=O)[C@H]1CCCO1)c1c[nH]c2ccccc12. The summed E-state index contributed by atoms with van der Waals surface area (Å²) in [6.07, 6.45) is 3.07. The summed E-state index contributed by atoms with van der Waals surface area (Å²) < 4.78 is 5.30. The summed E-state index contributed by atoms with van der Waals surface area (Å²) in [6, 6.07) is 7.64. The van der Waals surface area contributed by atoms with Gasteiger partial charge in [0, 0.05) is 36.8 Å². The van der Waals surface area contributed by atoms with Gasteiger partial charge in [0.25, 0.3) is 5.91 Å². The van der Waals surface area contributed by atoms with Gasteiger partial charge in [-0.25, -0.2) is 0 Å². The van der Waals surface area contributed by atoms with Gasteiger partial charge in [0.1, 0.15) is 6.10 Å². The number of aromatic amines is 1. The molecular weight excluding hydrogens is 282 g/mol. The molecule has 1 aliphatic rings. The molecule has 0 unspecified atom stereocenters. The Hall–Kier alpha value is -2.34. The molecule has 2 heterocycles. The highest BCUT2D eigenvalue weighted by molar-refractivity contribution is 6.06. The third-order valence-electron chi connectivity index (χ3n) is 3.77. The second kappa shape index (κ2) is 6.62. The zero-order valence-electron chi connectivity index (χ0n) is 12.2. The molecule has 0 saturated carbocycles. The van der Waals surface area contributed by atoms with Crippen LogP contribution in [-0.2, 0) is 9.53 Å². The van der Waals surface area contributed by atoms with Gasteiger partial charge in [-0.2, -0.15) is 0 Å². The average molecular weight is 301 g/mol. The highest BCUT2D eigenvalue weighted by Crippen LogP contribution is 2.17. The van der Waals surface area contributed by atoms with E-state index in [0.717, 1.165) is 23.7 Å². The largest absolute Gasteiger partial charge is 0.368 e. The Morgan fingerprint density at radius 2 is 2.05 bits per heavy atom. The monoisotopic (exact) mass is 301 g/mol.